The number of aromatic hydroxyl groups is 2. The maximum atomic E-state index is 12.3. The third-order valence-corrected chi connectivity index (χ3v) is 2.84. The molecule has 2 aromatic carbocycles. The molecule has 1 amide bonds. The van der Waals surface area contributed by atoms with Gasteiger partial charge in [0.2, 0.25) is 0 Å². The lowest BCUT2D eigenvalue weighted by atomic mass is 10.1. The largest absolute Gasteiger partial charge is 0.508 e. The molecule has 5 heteroatoms. The van der Waals surface area contributed by atoms with Gasteiger partial charge in [0.1, 0.15) is 17.6 Å². The highest BCUT2D eigenvalue weighted by molar-refractivity contribution is 6.06. The molecule has 0 aliphatic rings. The minimum Gasteiger partial charge on any atom is -0.508 e. The van der Waals surface area contributed by atoms with Crippen LogP contribution >= 0.6 is 0 Å². The SMILES string of the molecule is CN(C(=O)c1cc(O)cc(O)c1)c1ccccc1C#N. The number of hydrogen-bond donors (Lipinski definition) is 2. The predicted molar refractivity (Wildman–Crippen MR) is 73.7 cm³/mol. The van der Waals surface area contributed by atoms with E-state index < -0.39 is 5.91 Å². The first kappa shape index (κ1) is 13.4. The molecule has 0 saturated heterocycles. The van der Waals surface area contributed by atoms with Gasteiger partial charge in [0.25, 0.3) is 5.91 Å². The Labute approximate surface area is 115 Å². The van der Waals surface area contributed by atoms with Gasteiger partial charge < -0.3 is 15.1 Å². The Morgan fingerprint density at radius 1 is 1.15 bits per heavy atom. The van der Waals surface area contributed by atoms with Gasteiger partial charge in [-0.25, -0.2) is 0 Å². The van der Waals surface area contributed by atoms with Crippen LogP contribution in [0.4, 0.5) is 5.69 Å². The molecule has 2 aromatic rings. The molecule has 0 bridgehead atoms. The van der Waals surface area contributed by atoms with Crippen molar-refractivity contribution in [2.24, 2.45) is 0 Å². The number of rotatable bonds is 2. The van der Waals surface area contributed by atoms with Crippen molar-refractivity contribution in [3.05, 3.63) is 53.6 Å². The fraction of sp³-hybridized carbons (Fsp3) is 0.0667. The van der Waals surface area contributed by atoms with E-state index in [1.807, 2.05) is 6.07 Å². The van der Waals surface area contributed by atoms with Gasteiger partial charge in [-0.3, -0.25) is 4.79 Å². The molecule has 20 heavy (non-hydrogen) atoms. The van der Waals surface area contributed by atoms with Crippen LogP contribution in [0.25, 0.3) is 0 Å². The van der Waals surface area contributed by atoms with Crippen LogP contribution in [0.1, 0.15) is 15.9 Å². The van der Waals surface area contributed by atoms with E-state index in [-0.39, 0.29) is 17.1 Å². The van der Waals surface area contributed by atoms with Crippen LogP contribution in [0, 0.1) is 11.3 Å². The number of carbonyl (C=O) groups is 1. The zero-order valence-electron chi connectivity index (χ0n) is 10.7. The molecule has 0 aliphatic heterocycles. The number of carbonyl (C=O) groups excluding carboxylic acids is 1. The van der Waals surface area contributed by atoms with E-state index in [4.69, 9.17) is 5.26 Å². The minimum atomic E-state index is -0.432. The molecule has 0 aliphatic carbocycles. The van der Waals surface area contributed by atoms with E-state index in [0.29, 0.717) is 11.3 Å². The molecule has 5 nitrogen and oxygen atoms in total. The van der Waals surface area contributed by atoms with Crippen molar-refractivity contribution in [1.82, 2.24) is 0 Å². The van der Waals surface area contributed by atoms with Gasteiger partial charge in [0.15, 0.2) is 0 Å². The molecule has 0 aromatic heterocycles. The minimum absolute atomic E-state index is 0.137. The van der Waals surface area contributed by atoms with Crippen LogP contribution in [-0.2, 0) is 0 Å². The van der Waals surface area contributed by atoms with Gasteiger partial charge >= 0.3 is 0 Å². The van der Waals surface area contributed by atoms with E-state index in [1.165, 1.54) is 24.1 Å². The summed E-state index contributed by atoms with van der Waals surface area (Å²) in [6.45, 7) is 0. The van der Waals surface area contributed by atoms with Crippen LogP contribution in [0.5, 0.6) is 11.5 Å². The normalized spacial score (nSPS) is 9.80. The number of hydrogen-bond acceptors (Lipinski definition) is 4. The van der Waals surface area contributed by atoms with Crippen molar-refractivity contribution in [2.45, 2.75) is 0 Å². The van der Waals surface area contributed by atoms with Crippen LogP contribution in [0.3, 0.4) is 0 Å². The van der Waals surface area contributed by atoms with Crippen molar-refractivity contribution < 1.29 is 15.0 Å². The zero-order chi connectivity index (χ0) is 14.7. The van der Waals surface area contributed by atoms with Crippen molar-refractivity contribution in [3.63, 3.8) is 0 Å². The summed E-state index contributed by atoms with van der Waals surface area (Å²) in [6.07, 6.45) is 0. The number of anilines is 1. The number of amides is 1. The molecular formula is C15H12N2O3. The maximum Gasteiger partial charge on any atom is 0.258 e. The number of nitriles is 1. The van der Waals surface area contributed by atoms with Crippen LogP contribution in [-0.4, -0.2) is 23.2 Å². The summed E-state index contributed by atoms with van der Waals surface area (Å²) in [7, 11) is 1.53. The lowest BCUT2D eigenvalue weighted by Gasteiger charge is -2.18. The van der Waals surface area contributed by atoms with E-state index in [2.05, 4.69) is 0 Å². The Morgan fingerprint density at radius 3 is 2.35 bits per heavy atom. The second-order valence-corrected chi connectivity index (χ2v) is 4.23. The molecule has 0 fully saturated rings. The Kier molecular flexibility index (Phi) is 3.58. The van der Waals surface area contributed by atoms with Crippen molar-refractivity contribution in [1.29, 1.82) is 5.26 Å². The zero-order valence-corrected chi connectivity index (χ0v) is 10.7. The van der Waals surface area contributed by atoms with Gasteiger partial charge in [0, 0.05) is 18.7 Å². The standard InChI is InChI=1S/C15H12N2O3/c1-17(14-5-3-2-4-10(14)9-16)15(20)11-6-12(18)8-13(19)7-11/h2-8,18-19H,1H3. The third kappa shape index (κ3) is 2.54. The lowest BCUT2D eigenvalue weighted by molar-refractivity contribution is 0.0992. The molecular weight excluding hydrogens is 256 g/mol. The topological polar surface area (TPSA) is 84.6 Å². The molecule has 0 saturated carbocycles. The molecule has 0 heterocycles. The molecule has 100 valence electrons. The van der Waals surface area contributed by atoms with Crippen LogP contribution in [0.2, 0.25) is 0 Å². The molecule has 2 N–H and O–H groups in total. The quantitative estimate of drug-likeness (QED) is 0.874. The Balaban J connectivity index is 2.40. The van der Waals surface area contributed by atoms with Crippen molar-refractivity contribution in [3.8, 4) is 17.6 Å². The van der Waals surface area contributed by atoms with E-state index in [0.717, 1.165) is 6.07 Å². The highest BCUT2D eigenvalue weighted by Crippen LogP contribution is 2.24. The second-order valence-electron chi connectivity index (χ2n) is 4.23. The van der Waals surface area contributed by atoms with Gasteiger partial charge in [0.05, 0.1) is 11.3 Å². The predicted octanol–water partition coefficient (Wildman–Crippen LogP) is 2.25. The van der Waals surface area contributed by atoms with E-state index in [9.17, 15) is 15.0 Å². The third-order valence-electron chi connectivity index (χ3n) is 2.84. The average molecular weight is 268 g/mol. The first-order valence-corrected chi connectivity index (χ1v) is 5.83. The molecule has 0 unspecified atom stereocenters. The fourth-order valence-electron chi connectivity index (χ4n) is 1.88. The number of phenols is 2. The summed E-state index contributed by atoms with van der Waals surface area (Å²) in [5.41, 5.74) is 0.966. The smallest absolute Gasteiger partial charge is 0.258 e. The summed E-state index contributed by atoms with van der Waals surface area (Å²) >= 11 is 0. The lowest BCUT2D eigenvalue weighted by Crippen LogP contribution is -2.26. The summed E-state index contributed by atoms with van der Waals surface area (Å²) in [5.74, 6) is -0.829. The van der Waals surface area contributed by atoms with Crippen molar-refractivity contribution in [2.75, 3.05) is 11.9 Å². The van der Waals surface area contributed by atoms with Crippen LogP contribution < -0.4 is 4.90 Å². The second kappa shape index (κ2) is 5.33. The molecule has 0 atom stereocenters. The van der Waals surface area contributed by atoms with Crippen LogP contribution in [0.15, 0.2) is 42.5 Å². The Hall–Kier alpha value is -3.00. The number of phenolic OH excluding ortho intramolecular Hbond substituents is 2. The summed E-state index contributed by atoms with van der Waals surface area (Å²) < 4.78 is 0. The highest BCUT2D eigenvalue weighted by Gasteiger charge is 2.17. The maximum absolute atomic E-state index is 12.3. The monoisotopic (exact) mass is 268 g/mol. The van der Waals surface area contributed by atoms with Gasteiger partial charge in [-0.2, -0.15) is 5.26 Å². The van der Waals surface area contributed by atoms with Crippen molar-refractivity contribution >= 4 is 11.6 Å². The van der Waals surface area contributed by atoms with Gasteiger partial charge in [-0.1, -0.05) is 12.1 Å². The average Bonchev–Trinajstić information content (AvgIpc) is 2.44. The van der Waals surface area contributed by atoms with Gasteiger partial charge in [-0.15, -0.1) is 0 Å². The summed E-state index contributed by atoms with van der Waals surface area (Å²) in [4.78, 5) is 13.6. The first-order valence-electron chi connectivity index (χ1n) is 5.83. The number of benzene rings is 2. The van der Waals surface area contributed by atoms with Gasteiger partial charge in [-0.05, 0) is 24.3 Å². The number of para-hydroxylation sites is 1. The highest BCUT2D eigenvalue weighted by atomic mass is 16.3. The molecule has 0 radical (unpaired) electrons. The first-order chi connectivity index (χ1) is 9.52. The fourth-order valence-corrected chi connectivity index (χ4v) is 1.88. The van der Waals surface area contributed by atoms with E-state index >= 15 is 0 Å². The summed E-state index contributed by atoms with van der Waals surface area (Å²) in [6, 6.07) is 12.4. The Bertz CT molecular complexity index is 684. The molecule has 0 spiro atoms. The number of nitrogens with zero attached hydrogens (tertiary/aromatic N) is 2. The Morgan fingerprint density at radius 2 is 1.75 bits per heavy atom. The molecule has 2 rings (SSSR count). The van der Waals surface area contributed by atoms with E-state index in [1.54, 1.807) is 24.3 Å². The summed E-state index contributed by atoms with van der Waals surface area (Å²) in [5, 5.41) is 27.9.